The van der Waals surface area contributed by atoms with Gasteiger partial charge in [0.1, 0.15) is 5.75 Å². The number of thiazole rings is 1. The topological polar surface area (TPSA) is 48.1 Å². The molecule has 0 aliphatic heterocycles. The van der Waals surface area contributed by atoms with Crippen molar-refractivity contribution in [1.29, 1.82) is 0 Å². The number of benzene rings is 1. The number of hydrogen-bond acceptors (Lipinski definition) is 4. The number of nitrogens with two attached hydrogens (primary N) is 1. The minimum absolute atomic E-state index is 0.597. The van der Waals surface area contributed by atoms with Crippen molar-refractivity contribution in [1.82, 2.24) is 4.98 Å². The van der Waals surface area contributed by atoms with Gasteiger partial charge in [0.15, 0.2) is 5.13 Å². The summed E-state index contributed by atoms with van der Waals surface area (Å²) in [5.74, 6) is 0.869. The van der Waals surface area contributed by atoms with Crippen molar-refractivity contribution in [3.63, 3.8) is 0 Å². The zero-order chi connectivity index (χ0) is 10.8. The molecule has 0 unspecified atom stereocenters. The molecule has 0 fully saturated rings. The van der Waals surface area contributed by atoms with E-state index in [1.165, 1.54) is 11.3 Å². The lowest BCUT2D eigenvalue weighted by Crippen LogP contribution is -1.85. The quantitative estimate of drug-likeness (QED) is 0.846. The first-order chi connectivity index (χ1) is 7.20. The van der Waals surface area contributed by atoms with Crippen molar-refractivity contribution in [2.45, 2.75) is 6.92 Å². The van der Waals surface area contributed by atoms with E-state index in [1.54, 1.807) is 13.3 Å². The second kappa shape index (κ2) is 3.90. The highest BCUT2D eigenvalue weighted by atomic mass is 32.1. The normalized spacial score (nSPS) is 10.3. The lowest BCUT2D eigenvalue weighted by atomic mass is 10.1. The number of anilines is 1. The Morgan fingerprint density at radius 1 is 1.40 bits per heavy atom. The van der Waals surface area contributed by atoms with Crippen molar-refractivity contribution in [3.05, 3.63) is 30.0 Å². The Morgan fingerprint density at radius 3 is 2.73 bits per heavy atom. The largest absolute Gasteiger partial charge is 0.497 e. The first-order valence-corrected chi connectivity index (χ1v) is 5.38. The van der Waals surface area contributed by atoms with Crippen LogP contribution in [-0.4, -0.2) is 12.1 Å². The number of methoxy groups -OCH3 is 1. The smallest absolute Gasteiger partial charge is 0.180 e. The van der Waals surface area contributed by atoms with Gasteiger partial charge in [-0.1, -0.05) is 11.3 Å². The highest BCUT2D eigenvalue weighted by molar-refractivity contribution is 7.18. The molecular formula is C11H12N2OS. The number of ether oxygens (including phenoxy) is 1. The molecule has 2 aromatic rings. The summed E-state index contributed by atoms with van der Waals surface area (Å²) in [5.41, 5.74) is 7.93. The van der Waals surface area contributed by atoms with Crippen LogP contribution in [0.15, 0.2) is 24.4 Å². The lowest BCUT2D eigenvalue weighted by molar-refractivity contribution is 0.414. The van der Waals surface area contributed by atoms with Crippen molar-refractivity contribution >= 4 is 16.5 Å². The molecule has 2 N–H and O–H groups in total. The molecule has 0 radical (unpaired) electrons. The summed E-state index contributed by atoms with van der Waals surface area (Å²) in [5, 5.41) is 0.597. The summed E-state index contributed by atoms with van der Waals surface area (Å²) < 4.78 is 5.15. The van der Waals surface area contributed by atoms with Crippen LogP contribution in [0.4, 0.5) is 5.13 Å². The molecule has 0 saturated carbocycles. The number of rotatable bonds is 2. The first kappa shape index (κ1) is 9.98. The number of hydrogen-bond donors (Lipinski definition) is 1. The van der Waals surface area contributed by atoms with Gasteiger partial charge in [-0.2, -0.15) is 0 Å². The predicted molar refractivity (Wildman–Crippen MR) is 63.3 cm³/mol. The third-order valence-corrected chi connectivity index (χ3v) is 3.08. The standard InChI is InChI=1S/C11H12N2OS/c1-7-5-8(14-2)3-4-9(7)10-6-13-11(12)15-10/h3-6H,1-2H3,(H2,12,13). The zero-order valence-electron chi connectivity index (χ0n) is 8.65. The summed E-state index contributed by atoms with van der Waals surface area (Å²) in [6.45, 7) is 2.05. The molecule has 15 heavy (non-hydrogen) atoms. The molecule has 0 spiro atoms. The van der Waals surface area contributed by atoms with E-state index in [1.807, 2.05) is 25.1 Å². The lowest BCUT2D eigenvalue weighted by Gasteiger charge is -2.05. The van der Waals surface area contributed by atoms with Crippen LogP contribution in [0.5, 0.6) is 5.75 Å². The fourth-order valence-electron chi connectivity index (χ4n) is 1.45. The number of aryl methyl sites for hydroxylation is 1. The monoisotopic (exact) mass is 220 g/mol. The number of nitrogens with zero attached hydrogens (tertiary/aromatic N) is 1. The Kier molecular flexibility index (Phi) is 2.60. The molecule has 3 nitrogen and oxygen atoms in total. The molecule has 1 heterocycles. The van der Waals surface area contributed by atoms with Crippen LogP contribution >= 0.6 is 11.3 Å². The van der Waals surface area contributed by atoms with Gasteiger partial charge in [0.2, 0.25) is 0 Å². The van der Waals surface area contributed by atoms with Gasteiger partial charge >= 0.3 is 0 Å². The van der Waals surface area contributed by atoms with Gasteiger partial charge in [0.05, 0.1) is 12.0 Å². The minimum Gasteiger partial charge on any atom is -0.497 e. The van der Waals surface area contributed by atoms with Crippen LogP contribution in [0.25, 0.3) is 10.4 Å². The van der Waals surface area contributed by atoms with E-state index in [2.05, 4.69) is 4.98 Å². The average molecular weight is 220 g/mol. The molecule has 0 amide bonds. The summed E-state index contributed by atoms with van der Waals surface area (Å²) in [6.07, 6.45) is 1.80. The highest BCUT2D eigenvalue weighted by Crippen LogP contribution is 2.31. The average Bonchev–Trinajstić information content (AvgIpc) is 2.64. The molecule has 0 aliphatic carbocycles. The molecule has 1 aromatic carbocycles. The van der Waals surface area contributed by atoms with Gasteiger partial charge in [-0.15, -0.1) is 0 Å². The molecule has 0 saturated heterocycles. The number of aromatic nitrogens is 1. The van der Waals surface area contributed by atoms with Gasteiger partial charge < -0.3 is 10.5 Å². The SMILES string of the molecule is COc1ccc(-c2cnc(N)s2)c(C)c1. The fourth-order valence-corrected chi connectivity index (χ4v) is 2.23. The Bertz CT molecular complexity index is 479. The van der Waals surface area contributed by atoms with Crippen LogP contribution in [0.2, 0.25) is 0 Å². The zero-order valence-corrected chi connectivity index (χ0v) is 9.47. The molecule has 2 rings (SSSR count). The van der Waals surface area contributed by atoms with Gasteiger partial charge in [-0.05, 0) is 36.2 Å². The Hall–Kier alpha value is -1.55. The number of nitrogen functional groups attached to an aromatic ring is 1. The molecule has 0 bridgehead atoms. The summed E-state index contributed by atoms with van der Waals surface area (Å²) in [4.78, 5) is 5.13. The van der Waals surface area contributed by atoms with Crippen LogP contribution in [0.3, 0.4) is 0 Å². The molecule has 0 atom stereocenters. The van der Waals surface area contributed by atoms with Crippen LogP contribution in [-0.2, 0) is 0 Å². The summed E-state index contributed by atoms with van der Waals surface area (Å²) in [7, 11) is 1.67. The minimum atomic E-state index is 0.597. The van der Waals surface area contributed by atoms with Gasteiger partial charge in [0, 0.05) is 6.20 Å². The second-order valence-corrected chi connectivity index (χ2v) is 4.31. The van der Waals surface area contributed by atoms with E-state index in [0.717, 1.165) is 21.8 Å². The van der Waals surface area contributed by atoms with E-state index in [9.17, 15) is 0 Å². The maximum atomic E-state index is 5.60. The van der Waals surface area contributed by atoms with E-state index in [4.69, 9.17) is 10.5 Å². The molecule has 78 valence electrons. The molecular weight excluding hydrogens is 208 g/mol. The van der Waals surface area contributed by atoms with Crippen LogP contribution in [0, 0.1) is 6.92 Å². The summed E-state index contributed by atoms with van der Waals surface area (Å²) >= 11 is 1.49. The van der Waals surface area contributed by atoms with Gasteiger partial charge in [-0.25, -0.2) is 4.98 Å². The first-order valence-electron chi connectivity index (χ1n) is 4.57. The third kappa shape index (κ3) is 1.94. The van der Waals surface area contributed by atoms with E-state index in [0.29, 0.717) is 5.13 Å². The van der Waals surface area contributed by atoms with Crippen molar-refractivity contribution in [3.8, 4) is 16.2 Å². The maximum Gasteiger partial charge on any atom is 0.180 e. The molecule has 1 aromatic heterocycles. The molecule has 4 heteroatoms. The fraction of sp³-hybridized carbons (Fsp3) is 0.182. The Balaban J connectivity index is 2.45. The van der Waals surface area contributed by atoms with E-state index >= 15 is 0 Å². The van der Waals surface area contributed by atoms with Crippen LogP contribution in [0.1, 0.15) is 5.56 Å². The Labute approximate surface area is 92.5 Å². The second-order valence-electron chi connectivity index (χ2n) is 3.24. The summed E-state index contributed by atoms with van der Waals surface area (Å²) in [6, 6.07) is 5.98. The van der Waals surface area contributed by atoms with Crippen molar-refractivity contribution in [2.75, 3.05) is 12.8 Å². The maximum absolute atomic E-state index is 5.60. The third-order valence-electron chi connectivity index (χ3n) is 2.22. The highest BCUT2D eigenvalue weighted by Gasteiger charge is 2.06. The van der Waals surface area contributed by atoms with Crippen molar-refractivity contribution in [2.24, 2.45) is 0 Å². The van der Waals surface area contributed by atoms with Gasteiger partial charge in [-0.3, -0.25) is 0 Å². The molecule has 0 aliphatic rings. The van der Waals surface area contributed by atoms with Gasteiger partial charge in [0.25, 0.3) is 0 Å². The Morgan fingerprint density at radius 2 is 2.20 bits per heavy atom. The van der Waals surface area contributed by atoms with Crippen molar-refractivity contribution < 1.29 is 4.74 Å². The van der Waals surface area contributed by atoms with E-state index in [-0.39, 0.29) is 0 Å². The predicted octanol–water partition coefficient (Wildman–Crippen LogP) is 2.71. The van der Waals surface area contributed by atoms with Crippen LogP contribution < -0.4 is 10.5 Å². The van der Waals surface area contributed by atoms with E-state index < -0.39 is 0 Å².